The molecule has 0 bridgehead atoms. The molecule has 0 aromatic heterocycles. The molecule has 0 spiro atoms. The Bertz CT molecular complexity index is 473. The van der Waals surface area contributed by atoms with Gasteiger partial charge in [0.05, 0.1) is 0 Å². The predicted octanol–water partition coefficient (Wildman–Crippen LogP) is 1.92. The van der Waals surface area contributed by atoms with Gasteiger partial charge in [-0.2, -0.15) is 0 Å². The van der Waals surface area contributed by atoms with Crippen LogP contribution in [0.5, 0.6) is 0 Å². The highest BCUT2D eigenvalue weighted by atomic mass is 16.2. The van der Waals surface area contributed by atoms with Crippen LogP contribution in [0.15, 0.2) is 30.3 Å². The molecule has 1 aromatic rings. The van der Waals surface area contributed by atoms with Crippen molar-refractivity contribution >= 4 is 11.8 Å². The predicted molar refractivity (Wildman–Crippen MR) is 78.3 cm³/mol. The average Bonchev–Trinajstić information content (AvgIpc) is 2.95. The lowest BCUT2D eigenvalue weighted by atomic mass is 10.0. The number of rotatable bonds is 4. The summed E-state index contributed by atoms with van der Waals surface area (Å²) in [4.78, 5) is 25.3. The lowest BCUT2D eigenvalue weighted by molar-refractivity contribution is -0.136. The summed E-state index contributed by atoms with van der Waals surface area (Å²) in [5.41, 5.74) is 1.21. The zero-order chi connectivity index (χ0) is 14.5. The molecular weight excluding hydrogens is 252 g/mol. The van der Waals surface area contributed by atoms with Crippen LogP contribution >= 0.6 is 0 Å². The van der Waals surface area contributed by atoms with Gasteiger partial charge in [0.25, 0.3) is 0 Å². The fourth-order valence-electron chi connectivity index (χ4n) is 2.69. The van der Waals surface area contributed by atoms with Gasteiger partial charge in [0.15, 0.2) is 0 Å². The second-order valence-corrected chi connectivity index (χ2v) is 5.43. The molecule has 0 aliphatic carbocycles. The number of nitrogens with zero attached hydrogens (tertiary/aromatic N) is 1. The van der Waals surface area contributed by atoms with Crippen LogP contribution in [0, 0.1) is 0 Å². The monoisotopic (exact) mass is 274 g/mol. The number of hydrogen-bond donors (Lipinski definition) is 1. The van der Waals surface area contributed by atoms with Gasteiger partial charge >= 0.3 is 0 Å². The molecule has 0 saturated carbocycles. The van der Waals surface area contributed by atoms with E-state index >= 15 is 0 Å². The van der Waals surface area contributed by atoms with Crippen LogP contribution in [0.2, 0.25) is 0 Å². The van der Waals surface area contributed by atoms with Crippen molar-refractivity contribution in [3.8, 4) is 0 Å². The van der Waals surface area contributed by atoms with Crippen molar-refractivity contribution in [2.45, 2.75) is 38.6 Å². The summed E-state index contributed by atoms with van der Waals surface area (Å²) in [5, 5.41) is 2.97. The Hall–Kier alpha value is -1.84. The smallest absolute Gasteiger partial charge is 0.242 e. The highest BCUT2D eigenvalue weighted by Gasteiger charge is 2.32. The van der Waals surface area contributed by atoms with E-state index in [0.29, 0.717) is 13.1 Å². The summed E-state index contributed by atoms with van der Waals surface area (Å²) >= 11 is 0. The van der Waals surface area contributed by atoms with E-state index in [2.05, 4.69) is 24.4 Å². The summed E-state index contributed by atoms with van der Waals surface area (Å²) in [5.74, 6) is 0.228. The van der Waals surface area contributed by atoms with Gasteiger partial charge in [0.2, 0.25) is 11.8 Å². The minimum absolute atomic E-state index is 0.0150. The summed E-state index contributed by atoms with van der Waals surface area (Å²) in [7, 11) is 0. The molecule has 4 nitrogen and oxygen atoms in total. The van der Waals surface area contributed by atoms with Crippen LogP contribution in [0.3, 0.4) is 0 Å². The van der Waals surface area contributed by atoms with Crippen molar-refractivity contribution in [2.75, 3.05) is 13.1 Å². The standard InChI is InChI=1S/C16H22N2O2/c1-12(14-7-4-3-5-8-14)11-17-16(20)15-9-6-10-18(15)13(2)19/h3-5,7-8,12,15H,6,9-11H2,1-2H3,(H,17,20)/t12-,15+/m0/s1. The van der Waals surface area contributed by atoms with Gasteiger partial charge in [-0.15, -0.1) is 0 Å². The zero-order valence-corrected chi connectivity index (χ0v) is 12.1. The molecule has 1 saturated heterocycles. The number of carbonyl (C=O) groups excluding carboxylic acids is 2. The molecule has 0 unspecified atom stereocenters. The fourth-order valence-corrected chi connectivity index (χ4v) is 2.69. The summed E-state index contributed by atoms with van der Waals surface area (Å²) < 4.78 is 0. The third kappa shape index (κ3) is 3.38. The number of likely N-dealkylation sites (tertiary alicyclic amines) is 1. The number of benzene rings is 1. The first-order valence-electron chi connectivity index (χ1n) is 7.19. The quantitative estimate of drug-likeness (QED) is 0.912. The molecule has 2 atom stereocenters. The number of amides is 2. The number of hydrogen-bond acceptors (Lipinski definition) is 2. The number of carbonyl (C=O) groups is 2. The van der Waals surface area contributed by atoms with E-state index in [4.69, 9.17) is 0 Å². The summed E-state index contributed by atoms with van der Waals surface area (Å²) in [6, 6.07) is 9.83. The topological polar surface area (TPSA) is 49.4 Å². The lowest BCUT2D eigenvalue weighted by Crippen LogP contribution is -2.45. The van der Waals surface area contributed by atoms with Gasteiger partial charge in [0.1, 0.15) is 6.04 Å². The van der Waals surface area contributed by atoms with E-state index in [1.807, 2.05) is 18.2 Å². The van der Waals surface area contributed by atoms with E-state index in [9.17, 15) is 9.59 Å². The van der Waals surface area contributed by atoms with Gasteiger partial charge in [-0.3, -0.25) is 9.59 Å². The first-order valence-corrected chi connectivity index (χ1v) is 7.19. The Labute approximate surface area is 120 Å². The van der Waals surface area contributed by atoms with E-state index in [1.54, 1.807) is 4.90 Å². The van der Waals surface area contributed by atoms with Crippen molar-refractivity contribution in [2.24, 2.45) is 0 Å². The average molecular weight is 274 g/mol. The summed E-state index contributed by atoms with van der Waals surface area (Å²) in [6.07, 6.45) is 1.68. The van der Waals surface area contributed by atoms with Crippen LogP contribution in [0.4, 0.5) is 0 Å². The van der Waals surface area contributed by atoms with Gasteiger partial charge in [-0.1, -0.05) is 37.3 Å². The molecule has 1 aromatic carbocycles. The van der Waals surface area contributed by atoms with E-state index < -0.39 is 0 Å². The molecule has 1 fully saturated rings. The Balaban J connectivity index is 1.87. The molecule has 4 heteroatoms. The minimum Gasteiger partial charge on any atom is -0.354 e. The Morgan fingerprint density at radius 3 is 2.70 bits per heavy atom. The Kier molecular flexibility index (Phi) is 4.77. The molecule has 1 aliphatic rings. The van der Waals surface area contributed by atoms with Crippen molar-refractivity contribution in [1.29, 1.82) is 0 Å². The van der Waals surface area contributed by atoms with Crippen LogP contribution in [-0.4, -0.2) is 35.8 Å². The molecule has 2 amide bonds. The Morgan fingerprint density at radius 1 is 1.35 bits per heavy atom. The second kappa shape index (κ2) is 6.55. The van der Waals surface area contributed by atoms with Crippen molar-refractivity contribution in [3.63, 3.8) is 0 Å². The van der Waals surface area contributed by atoms with Crippen LogP contribution < -0.4 is 5.32 Å². The maximum atomic E-state index is 12.2. The third-order valence-electron chi connectivity index (χ3n) is 3.91. The first kappa shape index (κ1) is 14.6. The minimum atomic E-state index is -0.282. The lowest BCUT2D eigenvalue weighted by Gasteiger charge is -2.23. The highest BCUT2D eigenvalue weighted by molar-refractivity contribution is 5.87. The Morgan fingerprint density at radius 2 is 2.05 bits per heavy atom. The van der Waals surface area contributed by atoms with Crippen molar-refractivity contribution in [1.82, 2.24) is 10.2 Å². The van der Waals surface area contributed by atoms with Gasteiger partial charge in [-0.05, 0) is 24.3 Å². The van der Waals surface area contributed by atoms with E-state index in [1.165, 1.54) is 12.5 Å². The second-order valence-electron chi connectivity index (χ2n) is 5.43. The van der Waals surface area contributed by atoms with Crippen LogP contribution in [0.1, 0.15) is 38.2 Å². The molecule has 20 heavy (non-hydrogen) atoms. The van der Waals surface area contributed by atoms with Gasteiger partial charge in [-0.25, -0.2) is 0 Å². The maximum absolute atomic E-state index is 12.2. The van der Waals surface area contributed by atoms with E-state index in [-0.39, 0.29) is 23.8 Å². The van der Waals surface area contributed by atoms with Crippen molar-refractivity contribution < 1.29 is 9.59 Å². The molecule has 1 aliphatic heterocycles. The summed E-state index contributed by atoms with van der Waals surface area (Å²) in [6.45, 7) is 4.91. The SMILES string of the molecule is CC(=O)N1CCC[C@@H]1C(=O)NC[C@H](C)c1ccccc1. The van der Waals surface area contributed by atoms with Crippen LogP contribution in [0.25, 0.3) is 0 Å². The van der Waals surface area contributed by atoms with E-state index in [0.717, 1.165) is 12.8 Å². The maximum Gasteiger partial charge on any atom is 0.242 e. The van der Waals surface area contributed by atoms with Gasteiger partial charge in [0, 0.05) is 20.0 Å². The molecule has 108 valence electrons. The third-order valence-corrected chi connectivity index (χ3v) is 3.91. The largest absolute Gasteiger partial charge is 0.354 e. The normalized spacial score (nSPS) is 19.7. The van der Waals surface area contributed by atoms with Gasteiger partial charge < -0.3 is 10.2 Å². The highest BCUT2D eigenvalue weighted by Crippen LogP contribution is 2.18. The molecule has 0 radical (unpaired) electrons. The molecule has 2 rings (SSSR count). The van der Waals surface area contributed by atoms with Crippen LogP contribution in [-0.2, 0) is 9.59 Å². The zero-order valence-electron chi connectivity index (χ0n) is 12.1. The number of nitrogens with one attached hydrogen (secondary N) is 1. The molecular formula is C16H22N2O2. The fraction of sp³-hybridized carbons (Fsp3) is 0.500. The molecule has 1 N–H and O–H groups in total. The first-order chi connectivity index (χ1) is 9.59. The van der Waals surface area contributed by atoms with Crippen molar-refractivity contribution in [3.05, 3.63) is 35.9 Å². The molecule has 1 heterocycles.